The van der Waals surface area contributed by atoms with Gasteiger partial charge in [0.2, 0.25) is 0 Å². The third-order valence-electron chi connectivity index (χ3n) is 1.19. The number of carbonyl (C=O) groups is 2. The first-order valence-corrected chi connectivity index (χ1v) is 6.06. The van der Waals surface area contributed by atoms with Crippen molar-refractivity contribution in [2.75, 3.05) is 0 Å². The summed E-state index contributed by atoms with van der Waals surface area (Å²) < 4.78 is -0.666. The van der Waals surface area contributed by atoms with E-state index in [0.29, 0.717) is 5.21 Å². The quantitative estimate of drug-likeness (QED) is 0.514. The molecule has 0 aliphatic heterocycles. The maximum atomic E-state index is 10.5. The number of allylic oxidation sites excluding steroid dienone is 1. The van der Waals surface area contributed by atoms with Crippen LogP contribution in [0.3, 0.4) is 0 Å². The molecule has 0 aromatic carbocycles. The van der Waals surface area contributed by atoms with E-state index in [1.807, 2.05) is 0 Å². The molecular weight excluding hydrogens is 223 g/mol. The van der Waals surface area contributed by atoms with Gasteiger partial charge in [-0.05, 0) is 0 Å². The molecule has 0 aliphatic rings. The van der Waals surface area contributed by atoms with Gasteiger partial charge >= 0.3 is 76.5 Å². The fraction of sp³-hybridized carbons (Fsp3) is 0.429. The third kappa shape index (κ3) is 4.96. The van der Waals surface area contributed by atoms with Gasteiger partial charge in [-0.25, -0.2) is 0 Å². The minimum absolute atomic E-state index is 0.261. The van der Waals surface area contributed by atoms with E-state index < -0.39 is 32.4 Å². The van der Waals surface area contributed by atoms with E-state index >= 15 is 0 Å². The summed E-state index contributed by atoms with van der Waals surface area (Å²) >= 11 is -0.743. The first kappa shape index (κ1) is 11.2. The molecular formula is C7H11AsO4. The summed E-state index contributed by atoms with van der Waals surface area (Å²) in [4.78, 5) is 20.7. The van der Waals surface area contributed by atoms with Crippen molar-refractivity contribution in [2.24, 2.45) is 0 Å². The van der Waals surface area contributed by atoms with Crippen LogP contribution in [0.5, 0.6) is 0 Å². The number of aliphatic carboxylic acids is 2. The maximum absolute atomic E-state index is 10.5. The van der Waals surface area contributed by atoms with Gasteiger partial charge in [-0.3, -0.25) is 0 Å². The van der Waals surface area contributed by atoms with Gasteiger partial charge < -0.3 is 0 Å². The number of rotatable bonds is 6. The van der Waals surface area contributed by atoms with Crippen molar-refractivity contribution >= 4 is 27.7 Å². The van der Waals surface area contributed by atoms with Crippen LogP contribution in [0, 0.1) is 0 Å². The molecule has 2 unspecified atom stereocenters. The predicted octanol–water partition coefficient (Wildman–Crippen LogP) is 0.375. The number of hydrogen-bond acceptors (Lipinski definition) is 2. The molecule has 2 atom stereocenters. The van der Waals surface area contributed by atoms with Crippen LogP contribution in [0.1, 0.15) is 6.42 Å². The van der Waals surface area contributed by atoms with E-state index in [9.17, 15) is 9.59 Å². The van der Waals surface area contributed by atoms with Gasteiger partial charge in [0.25, 0.3) is 0 Å². The zero-order chi connectivity index (χ0) is 9.56. The molecule has 0 rings (SSSR count). The normalized spacial score (nSPS) is 13.0. The predicted molar refractivity (Wildman–Crippen MR) is 45.8 cm³/mol. The Bertz CT molecular complexity index is 190. The molecule has 0 heterocycles. The first-order chi connectivity index (χ1) is 5.57. The van der Waals surface area contributed by atoms with Crippen LogP contribution in [-0.2, 0) is 9.59 Å². The molecule has 4 nitrogen and oxygen atoms in total. The Balaban J connectivity index is 3.94. The summed E-state index contributed by atoms with van der Waals surface area (Å²) in [7, 11) is 0. The molecule has 0 fully saturated rings. The second kappa shape index (κ2) is 5.83. The molecule has 2 N–H and O–H groups in total. The molecule has 5 heteroatoms. The molecule has 68 valence electrons. The summed E-state index contributed by atoms with van der Waals surface area (Å²) in [5.74, 6) is -2.05. The van der Waals surface area contributed by atoms with Gasteiger partial charge in [-0.15, -0.1) is 0 Å². The van der Waals surface area contributed by atoms with Crippen LogP contribution in [0.4, 0.5) is 0 Å². The van der Waals surface area contributed by atoms with E-state index in [4.69, 9.17) is 10.2 Å². The summed E-state index contributed by atoms with van der Waals surface area (Å²) in [6.07, 6.45) is 1.38. The Morgan fingerprint density at radius 3 is 2.42 bits per heavy atom. The Morgan fingerprint density at radius 2 is 2.08 bits per heavy atom. The van der Waals surface area contributed by atoms with Crippen LogP contribution in [0.2, 0.25) is 9.91 Å². The SMILES string of the molecule is C=CC[AsH]C(CC(=O)O)C(=O)O. The average Bonchev–Trinajstić information content (AvgIpc) is 1.96. The summed E-state index contributed by atoms with van der Waals surface area (Å²) in [6.45, 7) is 3.46. The summed E-state index contributed by atoms with van der Waals surface area (Å²) in [5.41, 5.74) is 0. The first-order valence-electron chi connectivity index (χ1n) is 3.36. The van der Waals surface area contributed by atoms with Crippen molar-refractivity contribution in [3.05, 3.63) is 12.7 Å². The van der Waals surface area contributed by atoms with E-state index in [1.165, 1.54) is 0 Å². The summed E-state index contributed by atoms with van der Waals surface area (Å²) in [6, 6.07) is 0. The van der Waals surface area contributed by atoms with Crippen LogP contribution >= 0.6 is 0 Å². The fourth-order valence-electron chi connectivity index (χ4n) is 0.647. The standard InChI is InChI=1S/C7H11AsO4/c1-2-3-8-5(7(11)12)4-6(9)10/h2,5,8H,1,3-4H2,(H,9,10)(H,11,12). The van der Waals surface area contributed by atoms with Crippen LogP contribution in [-0.4, -0.2) is 37.9 Å². The van der Waals surface area contributed by atoms with Crippen molar-refractivity contribution in [3.8, 4) is 0 Å². The van der Waals surface area contributed by atoms with E-state index in [0.717, 1.165) is 0 Å². The average molecular weight is 234 g/mol. The van der Waals surface area contributed by atoms with Crippen molar-refractivity contribution in [1.82, 2.24) is 0 Å². The molecule has 0 aromatic heterocycles. The molecule has 0 saturated heterocycles. The second-order valence-corrected chi connectivity index (χ2v) is 5.36. The van der Waals surface area contributed by atoms with Crippen LogP contribution in [0.25, 0.3) is 0 Å². The van der Waals surface area contributed by atoms with Crippen molar-refractivity contribution < 1.29 is 19.8 Å². The van der Waals surface area contributed by atoms with Crippen molar-refractivity contribution in [3.63, 3.8) is 0 Å². The zero-order valence-electron chi connectivity index (χ0n) is 6.49. The third-order valence-corrected chi connectivity index (χ3v) is 4.27. The van der Waals surface area contributed by atoms with Gasteiger partial charge in [-0.2, -0.15) is 0 Å². The minimum atomic E-state index is -1.05. The number of carboxylic acids is 2. The van der Waals surface area contributed by atoms with E-state index in [1.54, 1.807) is 6.08 Å². The molecule has 0 aliphatic carbocycles. The summed E-state index contributed by atoms with van der Waals surface area (Å²) in [5, 5.41) is 17.6. The molecule has 0 spiro atoms. The van der Waals surface area contributed by atoms with Gasteiger partial charge in [0, 0.05) is 0 Å². The molecule has 0 saturated carbocycles. The van der Waals surface area contributed by atoms with Gasteiger partial charge in [0.05, 0.1) is 0 Å². The Labute approximate surface area is 77.0 Å². The fourth-order valence-corrected chi connectivity index (χ4v) is 2.63. The Morgan fingerprint density at radius 1 is 1.50 bits per heavy atom. The topological polar surface area (TPSA) is 74.6 Å². The molecule has 0 amide bonds. The molecule has 0 aromatic rings. The zero-order valence-corrected chi connectivity index (χ0v) is 8.59. The monoisotopic (exact) mass is 234 g/mol. The molecule has 12 heavy (non-hydrogen) atoms. The molecule has 0 bridgehead atoms. The van der Waals surface area contributed by atoms with E-state index in [-0.39, 0.29) is 6.42 Å². The van der Waals surface area contributed by atoms with Gasteiger partial charge in [0.15, 0.2) is 0 Å². The number of carboxylic acid groups (broad SMARTS) is 2. The van der Waals surface area contributed by atoms with Gasteiger partial charge in [0.1, 0.15) is 0 Å². The Kier molecular flexibility index (Phi) is 5.46. The van der Waals surface area contributed by atoms with Crippen molar-refractivity contribution in [2.45, 2.75) is 16.3 Å². The second-order valence-electron chi connectivity index (χ2n) is 2.19. The van der Waals surface area contributed by atoms with Gasteiger partial charge in [-0.1, -0.05) is 0 Å². The van der Waals surface area contributed by atoms with Crippen LogP contribution < -0.4 is 0 Å². The van der Waals surface area contributed by atoms with Crippen LogP contribution in [0.15, 0.2) is 12.7 Å². The van der Waals surface area contributed by atoms with Crippen molar-refractivity contribution in [1.29, 1.82) is 0 Å². The Hall–Kier alpha value is -0.762. The van der Waals surface area contributed by atoms with E-state index in [2.05, 4.69) is 6.58 Å². The number of hydrogen-bond donors (Lipinski definition) is 2. The molecule has 0 radical (unpaired) electrons.